The molecule has 2 aromatic carbocycles. The van der Waals surface area contributed by atoms with Crippen LogP contribution in [0.15, 0.2) is 59.8 Å². The Bertz CT molecular complexity index is 948. The van der Waals surface area contributed by atoms with E-state index in [0.717, 1.165) is 61.8 Å². The number of carbonyl (C=O) groups excluding carboxylic acids is 1. The minimum Gasteiger partial charge on any atom is -0.368 e. The van der Waals surface area contributed by atoms with E-state index in [9.17, 15) is 4.79 Å². The molecular formula is C23H28N4OS. The van der Waals surface area contributed by atoms with Gasteiger partial charge in [-0.25, -0.2) is 4.98 Å². The van der Waals surface area contributed by atoms with Crippen LogP contribution in [0.1, 0.15) is 19.8 Å². The number of carbonyl (C=O) groups is 1. The van der Waals surface area contributed by atoms with Gasteiger partial charge in [-0.2, -0.15) is 0 Å². The highest BCUT2D eigenvalue weighted by Gasteiger charge is 2.22. The van der Waals surface area contributed by atoms with E-state index in [2.05, 4.69) is 52.8 Å². The van der Waals surface area contributed by atoms with Crippen LogP contribution in [0, 0.1) is 0 Å². The number of unbranched alkanes of at least 4 members (excludes halogenated alkanes) is 1. The lowest BCUT2D eigenvalue weighted by Crippen LogP contribution is -2.49. The number of imidazole rings is 1. The molecule has 0 bridgehead atoms. The van der Waals surface area contributed by atoms with Crippen LogP contribution in [0.4, 0.5) is 5.69 Å². The number of aryl methyl sites for hydroxylation is 1. The van der Waals surface area contributed by atoms with Crippen LogP contribution >= 0.6 is 11.8 Å². The predicted molar refractivity (Wildman–Crippen MR) is 121 cm³/mol. The maximum absolute atomic E-state index is 12.8. The van der Waals surface area contributed by atoms with Gasteiger partial charge in [0.25, 0.3) is 0 Å². The molecule has 1 fully saturated rings. The first-order valence-corrected chi connectivity index (χ1v) is 11.4. The Labute approximate surface area is 176 Å². The Hall–Kier alpha value is -2.47. The first-order valence-electron chi connectivity index (χ1n) is 10.4. The van der Waals surface area contributed by atoms with Gasteiger partial charge in [0, 0.05) is 38.4 Å². The number of amides is 1. The molecule has 152 valence electrons. The summed E-state index contributed by atoms with van der Waals surface area (Å²) in [7, 11) is 0. The summed E-state index contributed by atoms with van der Waals surface area (Å²) < 4.78 is 2.27. The number of aromatic nitrogens is 2. The van der Waals surface area contributed by atoms with E-state index in [4.69, 9.17) is 4.98 Å². The number of para-hydroxylation sites is 3. The van der Waals surface area contributed by atoms with Gasteiger partial charge < -0.3 is 14.4 Å². The number of benzene rings is 2. The van der Waals surface area contributed by atoms with Crippen LogP contribution in [0.5, 0.6) is 0 Å². The van der Waals surface area contributed by atoms with Crippen molar-refractivity contribution < 1.29 is 4.79 Å². The molecule has 0 saturated carbocycles. The molecule has 4 rings (SSSR count). The van der Waals surface area contributed by atoms with Crippen molar-refractivity contribution in [1.82, 2.24) is 14.5 Å². The summed E-state index contributed by atoms with van der Waals surface area (Å²) in [6.07, 6.45) is 2.25. The first-order chi connectivity index (χ1) is 14.3. The second-order valence-electron chi connectivity index (χ2n) is 7.38. The van der Waals surface area contributed by atoms with Gasteiger partial charge in [-0.3, -0.25) is 4.79 Å². The second-order valence-corrected chi connectivity index (χ2v) is 8.32. The SMILES string of the molecule is CCCCn1c(SCC(=O)N2CCN(c3ccccc3)CC2)nc2ccccc21. The molecule has 0 N–H and O–H groups in total. The minimum atomic E-state index is 0.205. The van der Waals surface area contributed by atoms with Crippen LogP contribution < -0.4 is 4.90 Å². The van der Waals surface area contributed by atoms with Crippen LogP contribution in [0.25, 0.3) is 11.0 Å². The van der Waals surface area contributed by atoms with Gasteiger partial charge in [-0.1, -0.05) is 55.4 Å². The van der Waals surface area contributed by atoms with Crippen molar-refractivity contribution in [2.24, 2.45) is 0 Å². The quantitative estimate of drug-likeness (QED) is 0.547. The van der Waals surface area contributed by atoms with Crippen LogP contribution in [0.2, 0.25) is 0 Å². The number of anilines is 1. The molecule has 0 atom stereocenters. The van der Waals surface area contributed by atoms with Crippen molar-refractivity contribution in [3.63, 3.8) is 0 Å². The molecule has 0 radical (unpaired) electrons. The van der Waals surface area contributed by atoms with Gasteiger partial charge >= 0.3 is 0 Å². The van der Waals surface area contributed by atoms with Gasteiger partial charge in [0.05, 0.1) is 16.8 Å². The van der Waals surface area contributed by atoms with Crippen molar-refractivity contribution in [3.05, 3.63) is 54.6 Å². The monoisotopic (exact) mass is 408 g/mol. The molecular weight excluding hydrogens is 380 g/mol. The predicted octanol–water partition coefficient (Wildman–Crippen LogP) is 4.28. The second kappa shape index (κ2) is 9.35. The summed E-state index contributed by atoms with van der Waals surface area (Å²) in [6, 6.07) is 18.7. The van der Waals surface area contributed by atoms with Gasteiger partial charge in [0.15, 0.2) is 5.16 Å². The standard InChI is InChI=1S/C23H28N4OS/c1-2-3-13-27-21-12-8-7-11-20(21)24-23(27)29-18-22(28)26-16-14-25(15-17-26)19-9-5-4-6-10-19/h4-12H,2-3,13-18H2,1H3. The summed E-state index contributed by atoms with van der Waals surface area (Å²) in [5, 5.41) is 0.955. The van der Waals surface area contributed by atoms with Crippen molar-refractivity contribution in [2.75, 3.05) is 36.8 Å². The molecule has 6 heteroatoms. The van der Waals surface area contributed by atoms with Crippen LogP contribution in [-0.2, 0) is 11.3 Å². The molecule has 1 aliphatic heterocycles. The molecule has 1 saturated heterocycles. The third-order valence-electron chi connectivity index (χ3n) is 5.43. The largest absolute Gasteiger partial charge is 0.368 e. The smallest absolute Gasteiger partial charge is 0.233 e. The fourth-order valence-electron chi connectivity index (χ4n) is 3.77. The highest BCUT2D eigenvalue weighted by molar-refractivity contribution is 7.99. The summed E-state index contributed by atoms with van der Waals surface area (Å²) in [5.41, 5.74) is 3.40. The first kappa shape index (κ1) is 19.8. The molecule has 1 amide bonds. The zero-order valence-corrected chi connectivity index (χ0v) is 17.8. The Morgan fingerprint density at radius 2 is 1.72 bits per heavy atom. The maximum Gasteiger partial charge on any atom is 0.233 e. The molecule has 0 aliphatic carbocycles. The maximum atomic E-state index is 12.8. The van der Waals surface area contributed by atoms with Crippen molar-refractivity contribution in [2.45, 2.75) is 31.5 Å². The Morgan fingerprint density at radius 1 is 1.00 bits per heavy atom. The van der Waals surface area contributed by atoms with Crippen molar-refractivity contribution in [1.29, 1.82) is 0 Å². The molecule has 0 unspecified atom stereocenters. The Balaban J connectivity index is 1.36. The number of nitrogens with zero attached hydrogens (tertiary/aromatic N) is 4. The van der Waals surface area contributed by atoms with Crippen LogP contribution in [0.3, 0.4) is 0 Å². The Morgan fingerprint density at radius 3 is 2.48 bits per heavy atom. The van der Waals surface area contributed by atoms with E-state index < -0.39 is 0 Å². The van der Waals surface area contributed by atoms with Gasteiger partial charge in [0.1, 0.15) is 0 Å². The highest BCUT2D eigenvalue weighted by atomic mass is 32.2. The zero-order valence-electron chi connectivity index (χ0n) is 17.0. The van der Waals surface area contributed by atoms with E-state index >= 15 is 0 Å². The molecule has 29 heavy (non-hydrogen) atoms. The number of hydrogen-bond acceptors (Lipinski definition) is 4. The van der Waals surface area contributed by atoms with E-state index in [1.807, 2.05) is 23.1 Å². The fourth-order valence-corrected chi connectivity index (χ4v) is 4.71. The third-order valence-corrected chi connectivity index (χ3v) is 6.39. The van der Waals surface area contributed by atoms with Crippen molar-refractivity contribution >= 4 is 34.4 Å². The summed E-state index contributed by atoms with van der Waals surface area (Å²) in [6.45, 7) is 6.47. The lowest BCUT2D eigenvalue weighted by molar-refractivity contribution is -0.128. The van der Waals surface area contributed by atoms with Crippen LogP contribution in [-0.4, -0.2) is 52.3 Å². The number of thioether (sulfide) groups is 1. The third kappa shape index (κ3) is 4.58. The molecule has 5 nitrogen and oxygen atoms in total. The summed E-state index contributed by atoms with van der Waals surface area (Å²) >= 11 is 1.57. The number of hydrogen-bond donors (Lipinski definition) is 0. The molecule has 3 aromatic rings. The van der Waals surface area contributed by atoms with E-state index in [0.29, 0.717) is 5.75 Å². The average Bonchev–Trinajstić information content (AvgIpc) is 3.14. The number of piperazine rings is 1. The molecule has 2 heterocycles. The van der Waals surface area contributed by atoms with Gasteiger partial charge in [0.2, 0.25) is 5.91 Å². The lowest BCUT2D eigenvalue weighted by atomic mass is 10.2. The molecule has 1 aromatic heterocycles. The zero-order chi connectivity index (χ0) is 20.1. The highest BCUT2D eigenvalue weighted by Crippen LogP contribution is 2.25. The minimum absolute atomic E-state index is 0.205. The van der Waals surface area contributed by atoms with Gasteiger partial charge in [-0.05, 0) is 30.7 Å². The Kier molecular flexibility index (Phi) is 6.39. The number of fused-ring (bicyclic) bond motifs is 1. The summed E-state index contributed by atoms with van der Waals surface area (Å²) in [5.74, 6) is 0.651. The topological polar surface area (TPSA) is 41.4 Å². The normalized spacial score (nSPS) is 14.5. The summed E-state index contributed by atoms with van der Waals surface area (Å²) in [4.78, 5) is 21.9. The van der Waals surface area contributed by atoms with E-state index in [-0.39, 0.29) is 5.91 Å². The van der Waals surface area contributed by atoms with E-state index in [1.165, 1.54) is 5.69 Å². The fraction of sp³-hybridized carbons (Fsp3) is 0.391. The van der Waals surface area contributed by atoms with Crippen molar-refractivity contribution in [3.8, 4) is 0 Å². The lowest BCUT2D eigenvalue weighted by Gasteiger charge is -2.36. The average molecular weight is 409 g/mol. The van der Waals surface area contributed by atoms with Gasteiger partial charge in [-0.15, -0.1) is 0 Å². The molecule has 1 aliphatic rings. The molecule has 0 spiro atoms. The van der Waals surface area contributed by atoms with E-state index in [1.54, 1.807) is 11.8 Å². The number of rotatable bonds is 7.